The fraction of sp³-hybridized carbons (Fsp3) is 0.455. The zero-order valence-corrected chi connectivity index (χ0v) is 15.8. The molecule has 0 saturated heterocycles. The summed E-state index contributed by atoms with van der Waals surface area (Å²) in [7, 11) is 0. The zero-order valence-electron chi connectivity index (χ0n) is 15.8. The molecule has 2 aromatic carbocycles. The summed E-state index contributed by atoms with van der Waals surface area (Å²) >= 11 is 0. The Hall–Kier alpha value is -2.44. The van der Waals surface area contributed by atoms with Crippen LogP contribution >= 0.6 is 0 Å². The van der Waals surface area contributed by atoms with Gasteiger partial charge in [0.2, 0.25) is 13.6 Å². The molecule has 0 unspecified atom stereocenters. The Bertz CT molecular complexity index is 806. The third kappa shape index (κ3) is 4.18. The average molecular weight is 386 g/mol. The van der Waals surface area contributed by atoms with Crippen molar-refractivity contribution in [3.8, 4) is 23.0 Å². The van der Waals surface area contributed by atoms with E-state index in [-0.39, 0.29) is 38.6 Å². The van der Waals surface area contributed by atoms with Crippen molar-refractivity contribution < 1.29 is 29.2 Å². The maximum absolute atomic E-state index is 10.1. The summed E-state index contributed by atoms with van der Waals surface area (Å²) in [6.07, 6.45) is 3.12. The molecular weight excluding hydrogens is 360 g/mol. The van der Waals surface area contributed by atoms with E-state index in [2.05, 4.69) is 6.07 Å². The van der Waals surface area contributed by atoms with E-state index in [1.807, 2.05) is 30.3 Å². The van der Waals surface area contributed by atoms with Crippen LogP contribution in [0.2, 0.25) is 0 Å². The minimum absolute atomic E-state index is 0.0809. The van der Waals surface area contributed by atoms with Gasteiger partial charge in [-0.3, -0.25) is 0 Å². The van der Waals surface area contributed by atoms with Gasteiger partial charge in [0.05, 0.1) is 0 Å². The monoisotopic (exact) mass is 386 g/mol. The van der Waals surface area contributed by atoms with Crippen molar-refractivity contribution in [2.24, 2.45) is 11.8 Å². The van der Waals surface area contributed by atoms with Crippen LogP contribution in [0.4, 0.5) is 0 Å². The Kier molecular flexibility index (Phi) is 5.88. The first kappa shape index (κ1) is 18.9. The first-order valence-electron chi connectivity index (χ1n) is 9.75. The molecule has 2 aliphatic heterocycles. The van der Waals surface area contributed by atoms with Crippen molar-refractivity contribution in [3.63, 3.8) is 0 Å². The van der Waals surface area contributed by atoms with Crippen LogP contribution < -0.4 is 18.9 Å². The Morgan fingerprint density at radius 3 is 1.79 bits per heavy atom. The number of benzene rings is 2. The number of hydrogen-bond donors (Lipinski definition) is 2. The van der Waals surface area contributed by atoms with Gasteiger partial charge in [-0.1, -0.05) is 12.1 Å². The molecule has 0 bridgehead atoms. The molecule has 0 spiro atoms. The Labute approximate surface area is 164 Å². The van der Waals surface area contributed by atoms with E-state index in [4.69, 9.17) is 18.9 Å². The number of rotatable bonds is 9. The summed E-state index contributed by atoms with van der Waals surface area (Å²) in [6.45, 7) is 0.760. The lowest BCUT2D eigenvalue weighted by Gasteiger charge is -2.26. The van der Waals surface area contributed by atoms with Gasteiger partial charge in [-0.25, -0.2) is 0 Å². The van der Waals surface area contributed by atoms with Crippen LogP contribution in [0, 0.1) is 11.8 Å². The molecule has 0 saturated carbocycles. The minimum atomic E-state index is 0.0809. The van der Waals surface area contributed by atoms with Crippen molar-refractivity contribution in [3.05, 3.63) is 47.5 Å². The lowest BCUT2D eigenvalue weighted by molar-refractivity contribution is 0.158. The predicted molar refractivity (Wildman–Crippen MR) is 103 cm³/mol. The normalized spacial score (nSPS) is 16.2. The van der Waals surface area contributed by atoms with Gasteiger partial charge in [0.15, 0.2) is 23.0 Å². The van der Waals surface area contributed by atoms with Crippen molar-refractivity contribution in [1.82, 2.24) is 0 Å². The lowest BCUT2D eigenvalue weighted by atomic mass is 9.80. The van der Waals surface area contributed by atoms with Gasteiger partial charge in [0.1, 0.15) is 0 Å². The molecule has 28 heavy (non-hydrogen) atoms. The second kappa shape index (κ2) is 8.71. The molecule has 0 fully saturated rings. The Morgan fingerprint density at radius 2 is 1.25 bits per heavy atom. The lowest BCUT2D eigenvalue weighted by Crippen LogP contribution is -2.23. The highest BCUT2D eigenvalue weighted by Gasteiger charge is 2.24. The van der Waals surface area contributed by atoms with Gasteiger partial charge in [-0.05, 0) is 72.9 Å². The molecule has 2 aromatic rings. The number of ether oxygens (including phenoxy) is 4. The molecule has 2 aliphatic rings. The van der Waals surface area contributed by atoms with Crippen LogP contribution in [0.5, 0.6) is 23.0 Å². The maximum atomic E-state index is 10.1. The highest BCUT2D eigenvalue weighted by molar-refractivity contribution is 5.45. The summed E-state index contributed by atoms with van der Waals surface area (Å²) in [5.74, 6) is 3.39. The van der Waals surface area contributed by atoms with Crippen molar-refractivity contribution in [2.45, 2.75) is 25.7 Å². The van der Waals surface area contributed by atoms with Crippen LogP contribution in [-0.2, 0) is 12.8 Å². The molecule has 0 amide bonds. The molecule has 0 radical (unpaired) electrons. The minimum Gasteiger partial charge on any atom is -0.454 e. The van der Waals surface area contributed by atoms with E-state index in [0.29, 0.717) is 6.42 Å². The van der Waals surface area contributed by atoms with Gasteiger partial charge < -0.3 is 29.2 Å². The van der Waals surface area contributed by atoms with Gasteiger partial charge in [-0.2, -0.15) is 0 Å². The topological polar surface area (TPSA) is 77.4 Å². The summed E-state index contributed by atoms with van der Waals surface area (Å²) in [5, 5.41) is 19.4. The van der Waals surface area contributed by atoms with Gasteiger partial charge in [0, 0.05) is 13.2 Å². The van der Waals surface area contributed by atoms with Gasteiger partial charge >= 0.3 is 0 Å². The molecule has 6 nitrogen and oxygen atoms in total. The third-order valence-corrected chi connectivity index (χ3v) is 5.50. The Balaban J connectivity index is 1.49. The van der Waals surface area contributed by atoms with E-state index in [1.54, 1.807) is 0 Å². The van der Waals surface area contributed by atoms with Crippen LogP contribution in [0.25, 0.3) is 0 Å². The van der Waals surface area contributed by atoms with Crippen LogP contribution in [0.15, 0.2) is 36.4 Å². The molecule has 4 rings (SSSR count). The van der Waals surface area contributed by atoms with Crippen molar-refractivity contribution in [2.75, 3.05) is 26.8 Å². The number of hydrogen-bond acceptors (Lipinski definition) is 6. The van der Waals surface area contributed by atoms with Gasteiger partial charge in [0.25, 0.3) is 0 Å². The van der Waals surface area contributed by atoms with E-state index in [9.17, 15) is 10.2 Å². The van der Waals surface area contributed by atoms with Crippen LogP contribution in [0.1, 0.15) is 24.0 Å². The van der Waals surface area contributed by atoms with E-state index in [0.717, 1.165) is 53.4 Å². The number of fused-ring (bicyclic) bond motifs is 2. The first-order valence-corrected chi connectivity index (χ1v) is 9.75. The smallest absolute Gasteiger partial charge is 0.231 e. The molecule has 6 heteroatoms. The number of aliphatic hydroxyl groups is 2. The van der Waals surface area contributed by atoms with E-state index in [1.165, 1.54) is 0 Å². The second-order valence-electron chi connectivity index (χ2n) is 7.35. The number of aliphatic hydroxyl groups excluding tert-OH is 2. The second-order valence-corrected chi connectivity index (χ2v) is 7.35. The zero-order chi connectivity index (χ0) is 19.3. The van der Waals surface area contributed by atoms with E-state index < -0.39 is 0 Å². The van der Waals surface area contributed by atoms with Crippen LogP contribution in [-0.4, -0.2) is 37.0 Å². The largest absolute Gasteiger partial charge is 0.454 e. The summed E-state index contributed by atoms with van der Waals surface area (Å²) in [5.41, 5.74) is 2.26. The maximum Gasteiger partial charge on any atom is 0.231 e. The SMILES string of the molecule is OCCC[C@@H](Cc1ccc2c(c1)OCO2)[C@@H](CO)Cc1ccc2c(c1)OCO2. The molecule has 2 atom stereocenters. The first-order chi connectivity index (χ1) is 13.8. The molecular formula is C22H26O6. The highest BCUT2D eigenvalue weighted by atomic mass is 16.7. The fourth-order valence-corrected chi connectivity index (χ4v) is 3.98. The van der Waals surface area contributed by atoms with Crippen molar-refractivity contribution >= 4 is 0 Å². The quantitative estimate of drug-likeness (QED) is 0.690. The Morgan fingerprint density at radius 1 is 0.714 bits per heavy atom. The molecule has 2 N–H and O–H groups in total. The van der Waals surface area contributed by atoms with Gasteiger partial charge in [-0.15, -0.1) is 0 Å². The summed E-state index contributed by atoms with van der Waals surface area (Å²) in [4.78, 5) is 0. The average Bonchev–Trinajstić information content (AvgIpc) is 3.37. The molecule has 0 aromatic heterocycles. The fourth-order valence-electron chi connectivity index (χ4n) is 3.98. The summed E-state index contributed by atoms with van der Waals surface area (Å²) < 4.78 is 21.7. The van der Waals surface area contributed by atoms with Crippen LogP contribution in [0.3, 0.4) is 0 Å². The molecule has 0 aliphatic carbocycles. The molecule has 150 valence electrons. The van der Waals surface area contributed by atoms with Crippen molar-refractivity contribution in [1.29, 1.82) is 0 Å². The van der Waals surface area contributed by atoms with E-state index >= 15 is 0 Å². The third-order valence-electron chi connectivity index (χ3n) is 5.50. The molecule has 2 heterocycles. The standard InChI is InChI=1S/C22H26O6/c23-7-1-2-17(8-15-3-5-19-21(10-15)27-13-25-19)18(12-24)9-16-4-6-20-22(11-16)28-14-26-20/h3-6,10-11,17-18,23-24H,1-2,7-9,12-14H2/t17-,18+/m0/s1. The predicted octanol–water partition coefficient (Wildman–Crippen LogP) is 2.93. The highest BCUT2D eigenvalue weighted by Crippen LogP contribution is 2.36. The summed E-state index contributed by atoms with van der Waals surface area (Å²) in [6, 6.07) is 11.9.